The highest BCUT2D eigenvalue weighted by molar-refractivity contribution is 5.97. The van der Waals surface area contributed by atoms with Gasteiger partial charge in [0.2, 0.25) is 23.6 Å². The van der Waals surface area contributed by atoms with Crippen LogP contribution >= 0.6 is 0 Å². The number of phenolic OH excluding ortho intramolecular Hbond substituents is 2. The van der Waals surface area contributed by atoms with E-state index in [1.807, 2.05) is 24.4 Å². The number of fused-ring (bicyclic) bond motifs is 2. The fourth-order valence-electron chi connectivity index (χ4n) is 4.14. The Bertz CT molecular complexity index is 2010. The second-order valence-corrected chi connectivity index (χ2v) is 8.79. The maximum atomic E-state index is 12.1. The van der Waals surface area contributed by atoms with Gasteiger partial charge in [-0.1, -0.05) is 0 Å². The molecule has 7 N–H and O–H groups in total. The summed E-state index contributed by atoms with van der Waals surface area (Å²) < 4.78 is 11.0. The van der Waals surface area contributed by atoms with Crippen molar-refractivity contribution in [1.29, 1.82) is 0 Å². The van der Waals surface area contributed by atoms with E-state index in [-0.39, 0.29) is 36.0 Å². The van der Waals surface area contributed by atoms with Crippen LogP contribution in [0.5, 0.6) is 11.5 Å². The Hall–Kier alpha value is -6.09. The van der Waals surface area contributed by atoms with Crippen LogP contribution in [-0.4, -0.2) is 56.5 Å². The quantitative estimate of drug-likeness (QED) is 0.170. The van der Waals surface area contributed by atoms with Gasteiger partial charge in [0, 0.05) is 41.6 Å². The van der Waals surface area contributed by atoms with E-state index in [1.165, 1.54) is 12.1 Å². The molecule has 0 bridgehead atoms. The molecular formula is C27H22N10O5. The van der Waals surface area contributed by atoms with Crippen LogP contribution in [0.3, 0.4) is 0 Å². The van der Waals surface area contributed by atoms with Gasteiger partial charge in [-0.25, -0.2) is 9.97 Å². The zero-order valence-corrected chi connectivity index (χ0v) is 21.6. The predicted octanol–water partition coefficient (Wildman–Crippen LogP) is 3.03. The van der Waals surface area contributed by atoms with Crippen molar-refractivity contribution in [3.05, 3.63) is 84.6 Å². The van der Waals surface area contributed by atoms with Gasteiger partial charge in [-0.2, -0.15) is 0 Å². The van der Waals surface area contributed by atoms with Crippen LogP contribution < -0.4 is 11.1 Å². The summed E-state index contributed by atoms with van der Waals surface area (Å²) in [6.07, 6.45) is 6.91. The van der Waals surface area contributed by atoms with Crippen molar-refractivity contribution >= 4 is 28.0 Å². The van der Waals surface area contributed by atoms with E-state index < -0.39 is 5.91 Å². The van der Waals surface area contributed by atoms with E-state index in [2.05, 4.69) is 45.6 Å². The summed E-state index contributed by atoms with van der Waals surface area (Å²) in [6, 6.07) is 11.1. The largest absolute Gasteiger partial charge is 0.508 e. The monoisotopic (exact) mass is 566 g/mol. The Kier molecular flexibility index (Phi) is 6.96. The third kappa shape index (κ3) is 5.22. The first kappa shape index (κ1) is 26.1. The average Bonchev–Trinajstić information content (AvgIpc) is 3.82. The van der Waals surface area contributed by atoms with Crippen LogP contribution in [0.1, 0.15) is 22.1 Å². The molecule has 15 heteroatoms. The standard InChI is InChI=1S/C17H13N5O4.C10H9N5O/c23-9-1-2-12(13(24)7-9)16(25)20-8-14-21-22-17(26-14)11-4-6-19-15-10(11)3-5-18-15;11-5-8-14-15-10(16-8)7-2-4-13-9-6(7)1-3-12-9/h1-7,23-24H,8H2,(H,18,19)(H,20,25);1-4H,5,11H2,(H,12,13). The predicted molar refractivity (Wildman–Crippen MR) is 148 cm³/mol. The molecule has 7 rings (SSSR count). The van der Waals surface area contributed by atoms with Crippen molar-refractivity contribution < 1.29 is 23.8 Å². The average molecular weight is 567 g/mol. The summed E-state index contributed by atoms with van der Waals surface area (Å²) in [4.78, 5) is 26.5. The van der Waals surface area contributed by atoms with Crippen molar-refractivity contribution in [2.45, 2.75) is 13.1 Å². The second kappa shape index (κ2) is 11.2. The molecule has 0 atom stereocenters. The van der Waals surface area contributed by atoms with Crippen LogP contribution in [0, 0.1) is 0 Å². The Labute approximate surface area is 235 Å². The van der Waals surface area contributed by atoms with Gasteiger partial charge in [-0.3, -0.25) is 4.79 Å². The number of H-pyrrole nitrogens is 2. The van der Waals surface area contributed by atoms with Crippen molar-refractivity contribution in [3.8, 4) is 34.4 Å². The number of aromatic nitrogens is 8. The number of rotatable bonds is 6. The lowest BCUT2D eigenvalue weighted by molar-refractivity contribution is 0.0944. The van der Waals surface area contributed by atoms with Gasteiger partial charge in [-0.05, 0) is 36.4 Å². The molecule has 0 fully saturated rings. The number of nitrogens with one attached hydrogen (secondary N) is 3. The number of hydrogen-bond donors (Lipinski definition) is 6. The van der Waals surface area contributed by atoms with Gasteiger partial charge in [0.15, 0.2) is 0 Å². The summed E-state index contributed by atoms with van der Waals surface area (Å²) >= 11 is 0. The van der Waals surface area contributed by atoms with Gasteiger partial charge in [0.05, 0.1) is 29.8 Å². The van der Waals surface area contributed by atoms with Crippen molar-refractivity contribution in [2.75, 3.05) is 0 Å². The molecule has 42 heavy (non-hydrogen) atoms. The van der Waals surface area contributed by atoms with Gasteiger partial charge >= 0.3 is 0 Å². The molecule has 0 unspecified atom stereocenters. The first-order valence-electron chi connectivity index (χ1n) is 12.5. The molecule has 0 saturated heterocycles. The van der Waals surface area contributed by atoms with Crippen LogP contribution in [0.25, 0.3) is 45.0 Å². The summed E-state index contributed by atoms with van der Waals surface area (Å²) in [5, 5.41) is 39.1. The molecule has 6 heterocycles. The third-order valence-corrected chi connectivity index (χ3v) is 6.12. The molecule has 210 valence electrons. The van der Waals surface area contributed by atoms with Gasteiger partial charge in [0.25, 0.3) is 5.91 Å². The molecule has 1 aromatic carbocycles. The van der Waals surface area contributed by atoms with Gasteiger partial charge in [0.1, 0.15) is 22.8 Å². The highest BCUT2D eigenvalue weighted by Crippen LogP contribution is 2.27. The maximum absolute atomic E-state index is 12.1. The fourth-order valence-corrected chi connectivity index (χ4v) is 4.14. The number of phenols is 2. The minimum atomic E-state index is -0.529. The number of carbonyl (C=O) groups is 1. The lowest BCUT2D eigenvalue weighted by atomic mass is 10.2. The van der Waals surface area contributed by atoms with E-state index in [1.54, 1.807) is 24.7 Å². The summed E-state index contributed by atoms with van der Waals surface area (Å²) in [5.41, 5.74) is 8.55. The fraction of sp³-hybridized carbons (Fsp3) is 0.0741. The topological polar surface area (TPSA) is 231 Å². The molecule has 0 aliphatic carbocycles. The van der Waals surface area contributed by atoms with E-state index in [0.29, 0.717) is 23.3 Å². The number of nitrogens with zero attached hydrogens (tertiary/aromatic N) is 6. The lowest BCUT2D eigenvalue weighted by Crippen LogP contribution is -2.23. The Morgan fingerprint density at radius 3 is 1.98 bits per heavy atom. The number of amides is 1. The Morgan fingerprint density at radius 1 is 0.810 bits per heavy atom. The second-order valence-electron chi connectivity index (χ2n) is 8.79. The summed E-state index contributed by atoms with van der Waals surface area (Å²) in [5.74, 6) is 0.442. The number of aromatic hydroxyl groups is 2. The number of hydrogen-bond acceptors (Lipinski definition) is 12. The molecule has 1 amide bonds. The number of benzene rings is 1. The highest BCUT2D eigenvalue weighted by Gasteiger charge is 2.16. The minimum Gasteiger partial charge on any atom is -0.508 e. The zero-order chi connectivity index (χ0) is 29.1. The molecule has 6 aromatic heterocycles. The first-order chi connectivity index (χ1) is 20.5. The van der Waals surface area contributed by atoms with Gasteiger partial charge in [-0.15, -0.1) is 20.4 Å². The summed E-state index contributed by atoms with van der Waals surface area (Å²) in [6.45, 7) is 0.238. The molecule has 15 nitrogen and oxygen atoms in total. The molecule has 0 aliphatic heterocycles. The van der Waals surface area contributed by atoms with Crippen LogP contribution in [0.15, 0.2) is 76.1 Å². The molecule has 7 aromatic rings. The normalized spacial score (nSPS) is 11.0. The Balaban J connectivity index is 0.000000168. The van der Waals surface area contributed by atoms with E-state index in [0.717, 1.165) is 33.6 Å². The van der Waals surface area contributed by atoms with Gasteiger partial charge < -0.3 is 40.1 Å². The van der Waals surface area contributed by atoms with E-state index in [9.17, 15) is 15.0 Å². The van der Waals surface area contributed by atoms with Crippen molar-refractivity contribution in [1.82, 2.24) is 45.6 Å². The van der Waals surface area contributed by atoms with Crippen LogP contribution in [0.4, 0.5) is 0 Å². The lowest BCUT2D eigenvalue weighted by Gasteiger charge is -2.05. The first-order valence-corrected chi connectivity index (χ1v) is 12.5. The van der Waals surface area contributed by atoms with Crippen LogP contribution in [0.2, 0.25) is 0 Å². The number of aromatic amines is 2. The number of carbonyl (C=O) groups excluding carboxylic acids is 1. The molecule has 0 radical (unpaired) electrons. The maximum Gasteiger partial charge on any atom is 0.255 e. The minimum absolute atomic E-state index is 0.00644. The van der Waals surface area contributed by atoms with E-state index in [4.69, 9.17) is 14.6 Å². The van der Waals surface area contributed by atoms with Crippen molar-refractivity contribution in [3.63, 3.8) is 0 Å². The van der Waals surface area contributed by atoms with Crippen LogP contribution in [-0.2, 0) is 13.1 Å². The Morgan fingerprint density at radius 2 is 1.40 bits per heavy atom. The molecule has 0 saturated carbocycles. The summed E-state index contributed by atoms with van der Waals surface area (Å²) in [7, 11) is 0. The highest BCUT2D eigenvalue weighted by atomic mass is 16.4. The molecule has 0 spiro atoms. The number of pyridine rings is 2. The SMILES string of the molecule is NCc1nnc(-c2ccnc3[nH]ccc23)o1.O=C(NCc1nnc(-c2ccnc3[nH]ccc23)o1)c1ccc(O)cc1O. The third-order valence-electron chi connectivity index (χ3n) is 6.12. The zero-order valence-electron chi connectivity index (χ0n) is 21.6. The van der Waals surface area contributed by atoms with E-state index >= 15 is 0 Å². The number of nitrogens with two attached hydrogens (primary N) is 1. The smallest absolute Gasteiger partial charge is 0.255 e. The molecular weight excluding hydrogens is 544 g/mol. The molecule has 0 aliphatic rings. The van der Waals surface area contributed by atoms with Crippen molar-refractivity contribution in [2.24, 2.45) is 5.73 Å².